The summed E-state index contributed by atoms with van der Waals surface area (Å²) in [4.78, 5) is 12.7. The monoisotopic (exact) mass is 429 g/mol. The second-order valence-corrected chi connectivity index (χ2v) is 7.46. The third-order valence-electron chi connectivity index (χ3n) is 4.72. The van der Waals surface area contributed by atoms with Gasteiger partial charge in [0.25, 0.3) is 0 Å². The fourth-order valence-corrected chi connectivity index (χ4v) is 3.82. The molecule has 0 unspecified atom stereocenters. The number of benzene rings is 2. The minimum atomic E-state index is 0.653. The van der Waals surface area contributed by atoms with Crippen molar-refractivity contribution in [2.24, 2.45) is 10.1 Å². The average molecular weight is 430 g/mol. The largest absolute Gasteiger partial charge is 0.354 e. The first-order valence-electron chi connectivity index (χ1n) is 8.95. The maximum Gasteiger partial charge on any atom is 0.127 e. The Bertz CT molecular complexity index is 1220. The molecule has 1 aliphatic rings. The van der Waals surface area contributed by atoms with E-state index in [0.717, 1.165) is 38.5 Å². The van der Waals surface area contributed by atoms with Gasteiger partial charge in [0.1, 0.15) is 5.84 Å². The third-order valence-corrected chi connectivity index (χ3v) is 5.21. The molecular weight excluding hydrogens is 414 g/mol. The summed E-state index contributed by atoms with van der Waals surface area (Å²) in [5.74, 6) is 0.791. The lowest BCUT2D eigenvalue weighted by Gasteiger charge is -2.04. The summed E-state index contributed by atoms with van der Waals surface area (Å²) < 4.78 is 1.05. The van der Waals surface area contributed by atoms with Crippen LogP contribution in [0.1, 0.15) is 11.3 Å². The summed E-state index contributed by atoms with van der Waals surface area (Å²) in [5.41, 5.74) is 9.35. The minimum Gasteiger partial charge on any atom is -0.354 e. The Morgan fingerprint density at radius 3 is 2.86 bits per heavy atom. The van der Waals surface area contributed by atoms with Gasteiger partial charge in [0.05, 0.1) is 23.3 Å². The highest BCUT2D eigenvalue weighted by Crippen LogP contribution is 2.39. The molecule has 3 heterocycles. The van der Waals surface area contributed by atoms with E-state index in [1.165, 1.54) is 10.9 Å². The van der Waals surface area contributed by atoms with Crippen LogP contribution in [0.3, 0.4) is 0 Å². The van der Waals surface area contributed by atoms with Gasteiger partial charge >= 0.3 is 0 Å². The lowest BCUT2D eigenvalue weighted by molar-refractivity contribution is 0.997. The number of para-hydroxylation sites is 1. The Hall–Kier alpha value is -3.25. The highest BCUT2D eigenvalue weighted by atomic mass is 79.9. The Morgan fingerprint density at radius 2 is 1.96 bits per heavy atom. The molecular formula is C22H16BrN5. The molecule has 2 N–H and O–H groups in total. The molecule has 0 fully saturated rings. The van der Waals surface area contributed by atoms with Gasteiger partial charge in [-0.1, -0.05) is 40.2 Å². The van der Waals surface area contributed by atoms with Crippen molar-refractivity contribution in [1.82, 2.24) is 15.4 Å². The van der Waals surface area contributed by atoms with Crippen LogP contribution in [0.4, 0.5) is 5.69 Å². The zero-order chi connectivity index (χ0) is 18.9. The summed E-state index contributed by atoms with van der Waals surface area (Å²) in [5, 5.41) is 5.53. The fraction of sp³-hybridized carbons (Fsp3) is 0.0455. The molecule has 0 saturated carbocycles. The van der Waals surface area contributed by atoms with Gasteiger partial charge in [-0.3, -0.25) is 10.4 Å². The molecule has 5 nitrogen and oxygen atoms in total. The number of hydrogen-bond donors (Lipinski definition) is 2. The van der Waals surface area contributed by atoms with Crippen LogP contribution in [0.15, 0.2) is 81.4 Å². The minimum absolute atomic E-state index is 0.653. The molecule has 28 heavy (non-hydrogen) atoms. The molecule has 2 aromatic heterocycles. The van der Waals surface area contributed by atoms with Crippen molar-refractivity contribution in [2.75, 3.05) is 0 Å². The van der Waals surface area contributed by atoms with Crippen LogP contribution in [0.25, 0.3) is 22.2 Å². The van der Waals surface area contributed by atoms with Crippen molar-refractivity contribution in [3.05, 3.63) is 82.6 Å². The van der Waals surface area contributed by atoms with E-state index in [-0.39, 0.29) is 0 Å². The van der Waals surface area contributed by atoms with Crippen molar-refractivity contribution in [2.45, 2.75) is 6.42 Å². The maximum atomic E-state index is 4.83. The highest BCUT2D eigenvalue weighted by molar-refractivity contribution is 9.10. The molecule has 0 aliphatic carbocycles. The van der Waals surface area contributed by atoms with Crippen LogP contribution in [0, 0.1) is 0 Å². The van der Waals surface area contributed by atoms with Gasteiger partial charge in [-0.15, -0.1) is 0 Å². The molecule has 0 saturated heterocycles. The summed E-state index contributed by atoms with van der Waals surface area (Å²) >= 11 is 3.59. The number of halogens is 1. The Kier molecular flexibility index (Phi) is 4.25. The third kappa shape index (κ3) is 3.12. The molecule has 0 amide bonds. The SMILES string of the molecule is Brc1ccc2[nH]c3c(c2c1)CC(N/N=C/c1ccccn1)=Nc1ccccc1-3. The Morgan fingerprint density at radius 1 is 1.07 bits per heavy atom. The number of hydrogen-bond acceptors (Lipinski definition) is 4. The average Bonchev–Trinajstić information content (AvgIpc) is 2.98. The van der Waals surface area contributed by atoms with Gasteiger partial charge in [-0.05, 0) is 42.0 Å². The number of hydrazone groups is 1. The number of nitrogens with zero attached hydrogens (tertiary/aromatic N) is 3. The van der Waals surface area contributed by atoms with Gasteiger partial charge < -0.3 is 4.98 Å². The first-order valence-corrected chi connectivity index (χ1v) is 9.74. The topological polar surface area (TPSA) is 65.4 Å². The van der Waals surface area contributed by atoms with Gasteiger partial charge in [-0.2, -0.15) is 5.10 Å². The van der Waals surface area contributed by atoms with Crippen molar-refractivity contribution < 1.29 is 0 Å². The second-order valence-electron chi connectivity index (χ2n) is 6.55. The number of aliphatic imine (C=N–C) groups is 1. The molecule has 4 aromatic rings. The molecule has 1 aliphatic heterocycles. The van der Waals surface area contributed by atoms with Crippen LogP contribution >= 0.6 is 15.9 Å². The molecule has 0 atom stereocenters. The van der Waals surface area contributed by atoms with Crippen LogP contribution in [0.5, 0.6) is 0 Å². The predicted octanol–water partition coefficient (Wildman–Crippen LogP) is 5.20. The van der Waals surface area contributed by atoms with Gasteiger partial charge in [-0.25, -0.2) is 4.99 Å². The van der Waals surface area contributed by atoms with E-state index in [0.29, 0.717) is 6.42 Å². The van der Waals surface area contributed by atoms with E-state index < -0.39 is 0 Å². The van der Waals surface area contributed by atoms with Crippen LogP contribution in [-0.4, -0.2) is 22.0 Å². The quantitative estimate of drug-likeness (QED) is 0.339. The number of aromatic amines is 1. The summed E-state index contributed by atoms with van der Waals surface area (Å²) in [6, 6.07) is 20.2. The number of fused-ring (bicyclic) bond motifs is 5. The predicted molar refractivity (Wildman–Crippen MR) is 117 cm³/mol. The standard InChI is InChI=1S/C22H16BrN5/c23-14-8-9-20-17(11-14)18-12-21(28-25-13-15-5-3-4-10-24-15)26-19-7-2-1-6-16(19)22(18)27-20/h1-11,13,27H,12H2,(H,26,28)/b25-13+. The normalized spacial score (nSPS) is 13.1. The maximum absolute atomic E-state index is 4.83. The second kappa shape index (κ2) is 7.05. The van der Waals surface area contributed by atoms with E-state index >= 15 is 0 Å². The smallest absolute Gasteiger partial charge is 0.127 e. The molecule has 6 heteroatoms. The highest BCUT2D eigenvalue weighted by Gasteiger charge is 2.20. The number of amidine groups is 1. The van der Waals surface area contributed by atoms with Crippen molar-refractivity contribution in [3.63, 3.8) is 0 Å². The van der Waals surface area contributed by atoms with Gasteiger partial charge in [0, 0.05) is 33.6 Å². The van der Waals surface area contributed by atoms with E-state index in [2.05, 4.69) is 60.7 Å². The lowest BCUT2D eigenvalue weighted by Crippen LogP contribution is -2.20. The molecule has 5 rings (SSSR count). The first-order chi connectivity index (χ1) is 13.8. The summed E-state index contributed by atoms with van der Waals surface area (Å²) in [6.07, 6.45) is 4.10. The van der Waals surface area contributed by atoms with Crippen molar-refractivity contribution in [1.29, 1.82) is 0 Å². The number of nitrogens with one attached hydrogen (secondary N) is 2. The number of rotatable bonds is 2. The number of pyridine rings is 1. The zero-order valence-corrected chi connectivity index (χ0v) is 16.4. The lowest BCUT2D eigenvalue weighted by atomic mass is 10.0. The van der Waals surface area contributed by atoms with Gasteiger partial charge in [0.2, 0.25) is 0 Å². The van der Waals surface area contributed by atoms with Crippen LogP contribution in [-0.2, 0) is 6.42 Å². The molecule has 2 aromatic carbocycles. The zero-order valence-electron chi connectivity index (χ0n) is 14.9. The molecule has 136 valence electrons. The fourth-order valence-electron chi connectivity index (χ4n) is 3.46. The van der Waals surface area contributed by atoms with E-state index in [1.54, 1.807) is 12.4 Å². The van der Waals surface area contributed by atoms with Crippen LogP contribution < -0.4 is 5.43 Å². The number of H-pyrrole nitrogens is 1. The Labute approximate surface area is 170 Å². The molecule has 0 bridgehead atoms. The van der Waals surface area contributed by atoms with Crippen molar-refractivity contribution in [3.8, 4) is 11.3 Å². The Balaban J connectivity index is 1.58. The summed E-state index contributed by atoms with van der Waals surface area (Å²) in [6.45, 7) is 0. The number of aromatic nitrogens is 2. The van der Waals surface area contributed by atoms with Crippen LogP contribution in [0.2, 0.25) is 0 Å². The van der Waals surface area contributed by atoms with E-state index in [1.807, 2.05) is 36.4 Å². The van der Waals surface area contributed by atoms with Gasteiger partial charge in [0.15, 0.2) is 0 Å². The van der Waals surface area contributed by atoms with E-state index in [9.17, 15) is 0 Å². The molecule has 0 spiro atoms. The molecule has 0 radical (unpaired) electrons. The van der Waals surface area contributed by atoms with E-state index in [4.69, 9.17) is 4.99 Å². The summed E-state index contributed by atoms with van der Waals surface area (Å²) in [7, 11) is 0. The van der Waals surface area contributed by atoms with Crippen molar-refractivity contribution >= 4 is 44.6 Å². The first kappa shape index (κ1) is 16.9.